The molecule has 1 aliphatic rings. The molecule has 0 atom stereocenters. The molecule has 1 saturated carbocycles. The zero-order chi connectivity index (χ0) is 15.3. The molecular formula is C16H25FN3S+. The van der Waals surface area contributed by atoms with E-state index in [4.69, 9.17) is 12.2 Å². The summed E-state index contributed by atoms with van der Waals surface area (Å²) in [5, 5.41) is 6.72. The van der Waals surface area contributed by atoms with E-state index >= 15 is 0 Å². The number of anilines is 1. The molecule has 0 heterocycles. The SMILES string of the molecule is C[NH+](C)C1(CNC(=S)Nc2ccccc2F)CCCCC1. The topological polar surface area (TPSA) is 28.5 Å². The molecule has 21 heavy (non-hydrogen) atoms. The minimum Gasteiger partial charge on any atom is -0.356 e. The Labute approximate surface area is 131 Å². The average Bonchev–Trinajstić information content (AvgIpc) is 2.48. The fourth-order valence-electron chi connectivity index (χ4n) is 3.06. The van der Waals surface area contributed by atoms with E-state index in [9.17, 15) is 4.39 Å². The van der Waals surface area contributed by atoms with Crippen molar-refractivity contribution in [2.75, 3.05) is 26.0 Å². The van der Waals surface area contributed by atoms with E-state index in [0.717, 1.165) is 6.54 Å². The van der Waals surface area contributed by atoms with Crippen molar-refractivity contribution in [3.8, 4) is 0 Å². The number of benzene rings is 1. The second-order valence-electron chi connectivity index (χ2n) is 6.13. The summed E-state index contributed by atoms with van der Waals surface area (Å²) >= 11 is 5.30. The lowest BCUT2D eigenvalue weighted by molar-refractivity contribution is -0.916. The van der Waals surface area contributed by atoms with Crippen LogP contribution in [0.3, 0.4) is 0 Å². The van der Waals surface area contributed by atoms with Gasteiger partial charge in [-0.3, -0.25) is 0 Å². The first kappa shape index (κ1) is 16.2. The number of nitrogens with one attached hydrogen (secondary N) is 3. The molecule has 1 aliphatic carbocycles. The van der Waals surface area contributed by atoms with Crippen LogP contribution in [0.5, 0.6) is 0 Å². The Morgan fingerprint density at radius 1 is 1.24 bits per heavy atom. The molecular weight excluding hydrogens is 285 g/mol. The van der Waals surface area contributed by atoms with Gasteiger partial charge in [-0.25, -0.2) is 4.39 Å². The van der Waals surface area contributed by atoms with Crippen LogP contribution in [0, 0.1) is 5.82 Å². The Bertz CT molecular complexity index is 484. The third-order valence-corrected chi connectivity index (χ3v) is 4.83. The van der Waals surface area contributed by atoms with Crippen LogP contribution in [-0.4, -0.2) is 31.3 Å². The number of quaternary nitrogens is 1. The highest BCUT2D eigenvalue weighted by atomic mass is 32.1. The van der Waals surface area contributed by atoms with Crippen LogP contribution >= 0.6 is 12.2 Å². The lowest BCUT2D eigenvalue weighted by atomic mass is 9.80. The maximum atomic E-state index is 13.6. The highest BCUT2D eigenvalue weighted by Gasteiger charge is 2.37. The van der Waals surface area contributed by atoms with Crippen molar-refractivity contribution in [3.05, 3.63) is 30.1 Å². The second-order valence-corrected chi connectivity index (χ2v) is 6.54. The number of likely N-dealkylation sites (N-methyl/N-ethyl adjacent to an activating group) is 1. The van der Waals surface area contributed by atoms with Crippen LogP contribution < -0.4 is 15.5 Å². The van der Waals surface area contributed by atoms with Gasteiger partial charge in [-0.1, -0.05) is 18.6 Å². The molecule has 1 fully saturated rings. The van der Waals surface area contributed by atoms with E-state index in [1.807, 2.05) is 0 Å². The highest BCUT2D eigenvalue weighted by Crippen LogP contribution is 2.24. The van der Waals surface area contributed by atoms with E-state index in [0.29, 0.717) is 10.8 Å². The van der Waals surface area contributed by atoms with Gasteiger partial charge in [0, 0.05) is 12.8 Å². The fraction of sp³-hybridized carbons (Fsp3) is 0.562. The molecule has 5 heteroatoms. The standard InChI is InChI=1S/C16H24FN3S/c1-20(2)16(10-6-3-7-11-16)12-18-15(21)19-14-9-5-4-8-13(14)17/h4-5,8-9H,3,6-7,10-12H2,1-2H3,(H2,18,19,21)/p+1. The Morgan fingerprint density at radius 2 is 1.90 bits per heavy atom. The quantitative estimate of drug-likeness (QED) is 0.743. The summed E-state index contributed by atoms with van der Waals surface area (Å²) in [6, 6.07) is 6.58. The maximum absolute atomic E-state index is 13.6. The molecule has 3 N–H and O–H groups in total. The summed E-state index contributed by atoms with van der Waals surface area (Å²) < 4.78 is 13.6. The van der Waals surface area contributed by atoms with Gasteiger partial charge in [-0.15, -0.1) is 0 Å². The number of hydrogen-bond donors (Lipinski definition) is 3. The number of para-hydroxylation sites is 1. The summed E-state index contributed by atoms with van der Waals surface area (Å²) in [5.41, 5.74) is 0.657. The molecule has 0 spiro atoms. The summed E-state index contributed by atoms with van der Waals surface area (Å²) in [4.78, 5) is 1.46. The highest BCUT2D eigenvalue weighted by molar-refractivity contribution is 7.80. The first-order valence-electron chi connectivity index (χ1n) is 7.63. The van der Waals surface area contributed by atoms with Crippen molar-refractivity contribution in [1.82, 2.24) is 5.32 Å². The molecule has 116 valence electrons. The zero-order valence-electron chi connectivity index (χ0n) is 12.8. The van der Waals surface area contributed by atoms with E-state index in [1.54, 1.807) is 18.2 Å². The normalized spacial score (nSPS) is 17.5. The molecule has 0 bridgehead atoms. The molecule has 0 unspecified atom stereocenters. The molecule has 0 radical (unpaired) electrons. The lowest BCUT2D eigenvalue weighted by Crippen LogP contribution is -3.16. The van der Waals surface area contributed by atoms with Crippen molar-refractivity contribution >= 4 is 23.0 Å². The number of thiocarbonyl (C=S) groups is 1. The monoisotopic (exact) mass is 310 g/mol. The number of hydrogen-bond acceptors (Lipinski definition) is 1. The van der Waals surface area contributed by atoms with E-state index in [1.165, 1.54) is 43.1 Å². The van der Waals surface area contributed by atoms with Crippen molar-refractivity contribution in [1.29, 1.82) is 0 Å². The van der Waals surface area contributed by atoms with Crippen LogP contribution in [0.2, 0.25) is 0 Å². The first-order valence-corrected chi connectivity index (χ1v) is 8.04. The van der Waals surface area contributed by atoms with E-state index in [2.05, 4.69) is 24.7 Å². The Kier molecular flexibility index (Phi) is 5.53. The van der Waals surface area contributed by atoms with Crippen LogP contribution in [0.15, 0.2) is 24.3 Å². The van der Waals surface area contributed by atoms with Gasteiger partial charge in [0.2, 0.25) is 0 Å². The molecule has 0 amide bonds. The summed E-state index contributed by atoms with van der Waals surface area (Å²) in [5.74, 6) is -0.285. The largest absolute Gasteiger partial charge is 0.356 e. The van der Waals surface area contributed by atoms with Crippen LogP contribution in [0.1, 0.15) is 32.1 Å². The second kappa shape index (κ2) is 7.18. The van der Waals surface area contributed by atoms with Gasteiger partial charge in [0.05, 0.1) is 26.3 Å². The molecule has 0 aromatic heterocycles. The summed E-state index contributed by atoms with van der Waals surface area (Å²) in [6.07, 6.45) is 6.31. The molecule has 1 aromatic carbocycles. The minimum absolute atomic E-state index is 0.235. The third kappa shape index (κ3) is 4.14. The molecule has 3 nitrogen and oxygen atoms in total. The van der Waals surface area contributed by atoms with Crippen LogP contribution in [0.4, 0.5) is 10.1 Å². The van der Waals surface area contributed by atoms with Crippen LogP contribution in [-0.2, 0) is 0 Å². The van der Waals surface area contributed by atoms with Gasteiger partial charge >= 0.3 is 0 Å². The third-order valence-electron chi connectivity index (χ3n) is 4.58. The van der Waals surface area contributed by atoms with Crippen LogP contribution in [0.25, 0.3) is 0 Å². The van der Waals surface area contributed by atoms with Crippen molar-refractivity contribution in [3.63, 3.8) is 0 Å². The van der Waals surface area contributed by atoms with Gasteiger partial charge in [0.25, 0.3) is 0 Å². The zero-order valence-corrected chi connectivity index (χ0v) is 13.7. The van der Waals surface area contributed by atoms with Gasteiger partial charge in [0.1, 0.15) is 11.4 Å². The molecule has 1 aromatic rings. The first-order chi connectivity index (χ1) is 10.0. The van der Waals surface area contributed by atoms with Gasteiger partial charge in [0.15, 0.2) is 5.11 Å². The van der Waals surface area contributed by atoms with E-state index < -0.39 is 0 Å². The van der Waals surface area contributed by atoms with Gasteiger partial charge in [-0.2, -0.15) is 0 Å². The Balaban J connectivity index is 1.92. The van der Waals surface area contributed by atoms with Gasteiger partial charge in [-0.05, 0) is 37.2 Å². The van der Waals surface area contributed by atoms with Crippen molar-refractivity contribution < 1.29 is 9.29 Å². The molecule has 0 aliphatic heterocycles. The van der Waals surface area contributed by atoms with Crippen molar-refractivity contribution in [2.45, 2.75) is 37.6 Å². The average molecular weight is 310 g/mol. The summed E-state index contributed by atoms with van der Waals surface area (Å²) in [6.45, 7) is 0.829. The lowest BCUT2D eigenvalue weighted by Gasteiger charge is -2.40. The number of halogens is 1. The van der Waals surface area contributed by atoms with Crippen molar-refractivity contribution in [2.24, 2.45) is 0 Å². The summed E-state index contributed by atoms with van der Waals surface area (Å²) in [7, 11) is 4.42. The molecule has 0 saturated heterocycles. The molecule has 2 rings (SSSR count). The van der Waals surface area contributed by atoms with Gasteiger partial charge < -0.3 is 15.5 Å². The Morgan fingerprint density at radius 3 is 2.52 bits per heavy atom. The minimum atomic E-state index is -0.285. The van der Waals surface area contributed by atoms with E-state index in [-0.39, 0.29) is 11.4 Å². The predicted octanol–water partition coefficient (Wildman–Crippen LogP) is 1.96. The maximum Gasteiger partial charge on any atom is 0.171 e. The predicted molar refractivity (Wildman–Crippen MR) is 89.3 cm³/mol. The smallest absolute Gasteiger partial charge is 0.171 e. The fourth-order valence-corrected chi connectivity index (χ4v) is 3.24. The number of rotatable bonds is 4. The Hall–Kier alpha value is -1.20.